The molecule has 11 heteroatoms. The number of fused-ring (bicyclic) bond motifs is 3. The van der Waals surface area contributed by atoms with Crippen LogP contribution in [0.2, 0.25) is 0 Å². The van der Waals surface area contributed by atoms with E-state index in [4.69, 9.17) is 19.3 Å². The number of hydrogen-bond donors (Lipinski definition) is 3. The number of carboxylic acid groups (broad SMARTS) is 1. The van der Waals surface area contributed by atoms with Gasteiger partial charge in [-0.3, -0.25) is 19.2 Å². The highest BCUT2D eigenvalue weighted by Crippen LogP contribution is 2.44. The van der Waals surface area contributed by atoms with Crippen LogP contribution in [-0.2, 0) is 33.4 Å². The van der Waals surface area contributed by atoms with Crippen LogP contribution in [0, 0.1) is 0 Å². The van der Waals surface area contributed by atoms with Crippen LogP contribution in [0.25, 0.3) is 11.1 Å². The first-order valence-electron chi connectivity index (χ1n) is 12.2. The molecule has 0 saturated heterocycles. The molecule has 1 aliphatic carbocycles. The molecule has 2 aromatic carbocycles. The van der Waals surface area contributed by atoms with E-state index >= 15 is 0 Å². The molecule has 11 nitrogen and oxygen atoms in total. The van der Waals surface area contributed by atoms with Crippen LogP contribution < -0.4 is 10.6 Å². The Kier molecular flexibility index (Phi) is 10.6. The summed E-state index contributed by atoms with van der Waals surface area (Å²) in [6.07, 6.45) is -1.47. The maximum absolute atomic E-state index is 12.2. The van der Waals surface area contributed by atoms with Crippen LogP contribution in [0.15, 0.2) is 48.5 Å². The molecule has 0 spiro atoms. The van der Waals surface area contributed by atoms with Gasteiger partial charge in [-0.05, 0) is 22.3 Å². The number of benzene rings is 2. The summed E-state index contributed by atoms with van der Waals surface area (Å²) in [4.78, 5) is 57.3. The van der Waals surface area contributed by atoms with E-state index in [0.29, 0.717) is 0 Å². The van der Waals surface area contributed by atoms with Crippen molar-refractivity contribution in [2.75, 3.05) is 32.9 Å². The summed E-state index contributed by atoms with van der Waals surface area (Å²) in [7, 11) is 0. The van der Waals surface area contributed by atoms with E-state index in [1.807, 2.05) is 36.4 Å². The molecule has 0 saturated carbocycles. The second kappa shape index (κ2) is 14.4. The summed E-state index contributed by atoms with van der Waals surface area (Å²) in [5.74, 6) is -2.89. The molecule has 202 valence electrons. The van der Waals surface area contributed by atoms with E-state index in [0.717, 1.165) is 22.3 Å². The molecule has 0 bridgehead atoms. The fraction of sp³-hybridized carbons (Fsp3) is 0.370. The average molecular weight is 527 g/mol. The Morgan fingerprint density at radius 3 is 1.79 bits per heavy atom. The zero-order valence-electron chi connectivity index (χ0n) is 20.8. The Bertz CT molecular complexity index is 1120. The number of rotatable bonds is 14. The van der Waals surface area contributed by atoms with Crippen LogP contribution in [-0.4, -0.2) is 67.9 Å². The van der Waals surface area contributed by atoms with Crippen molar-refractivity contribution in [1.82, 2.24) is 10.6 Å². The zero-order valence-corrected chi connectivity index (χ0v) is 20.8. The first kappa shape index (κ1) is 28.2. The first-order valence-corrected chi connectivity index (χ1v) is 12.2. The van der Waals surface area contributed by atoms with Crippen molar-refractivity contribution in [2.45, 2.75) is 31.6 Å². The summed E-state index contributed by atoms with van der Waals surface area (Å²) in [6.45, 7) is 0.113. The second-order valence-corrected chi connectivity index (χ2v) is 8.44. The lowest BCUT2D eigenvalue weighted by atomic mass is 9.98. The molecule has 0 aromatic heterocycles. The lowest BCUT2D eigenvalue weighted by Crippen LogP contribution is -2.35. The van der Waals surface area contributed by atoms with E-state index in [2.05, 4.69) is 22.8 Å². The van der Waals surface area contributed by atoms with Gasteiger partial charge in [0.2, 0.25) is 5.91 Å². The summed E-state index contributed by atoms with van der Waals surface area (Å²) in [5, 5.41) is 13.7. The smallest absolute Gasteiger partial charge is 0.407 e. The topological polar surface area (TPSA) is 157 Å². The number of carboxylic acids is 1. The van der Waals surface area contributed by atoms with Crippen LogP contribution >= 0.6 is 0 Å². The van der Waals surface area contributed by atoms with E-state index in [1.54, 1.807) is 0 Å². The number of nitrogens with one attached hydrogen (secondary N) is 2. The van der Waals surface area contributed by atoms with Crippen LogP contribution in [0.3, 0.4) is 0 Å². The molecule has 0 radical (unpaired) electrons. The Balaban J connectivity index is 1.24. The number of ether oxygens (including phenoxy) is 3. The highest BCUT2D eigenvalue weighted by atomic mass is 16.6. The summed E-state index contributed by atoms with van der Waals surface area (Å²) < 4.78 is 15.0. The highest BCUT2D eigenvalue weighted by molar-refractivity contribution is 5.81. The van der Waals surface area contributed by atoms with Crippen molar-refractivity contribution in [2.24, 2.45) is 0 Å². The van der Waals surface area contributed by atoms with Crippen molar-refractivity contribution in [1.29, 1.82) is 0 Å². The summed E-state index contributed by atoms with van der Waals surface area (Å²) in [6, 6.07) is 16.1. The Hall–Kier alpha value is -4.41. The van der Waals surface area contributed by atoms with Gasteiger partial charge < -0.3 is 30.0 Å². The Labute approximate surface area is 219 Å². The molecule has 0 unspecified atom stereocenters. The van der Waals surface area contributed by atoms with Gasteiger partial charge in [-0.15, -0.1) is 0 Å². The van der Waals surface area contributed by atoms with E-state index < -0.39 is 29.9 Å². The van der Waals surface area contributed by atoms with Gasteiger partial charge in [0, 0.05) is 25.4 Å². The van der Waals surface area contributed by atoms with Crippen molar-refractivity contribution in [3.05, 3.63) is 59.7 Å². The van der Waals surface area contributed by atoms with Crippen molar-refractivity contribution in [3.63, 3.8) is 0 Å². The van der Waals surface area contributed by atoms with Gasteiger partial charge in [0.1, 0.15) is 19.8 Å². The minimum atomic E-state index is -1.11. The third-order valence-corrected chi connectivity index (χ3v) is 5.77. The molecule has 0 fully saturated rings. The van der Waals surface area contributed by atoms with Gasteiger partial charge in [0.15, 0.2) is 0 Å². The maximum Gasteiger partial charge on any atom is 0.407 e. The SMILES string of the molecule is O=C(O)CCC(=O)OCCOC(=O)CCC(=O)NCCNC(=O)OCC1c2ccccc2-c2ccccc21. The molecule has 1 aliphatic rings. The molecule has 2 amide bonds. The fourth-order valence-electron chi connectivity index (χ4n) is 3.98. The number of aliphatic carboxylic acids is 1. The standard InChI is InChI=1S/C27H30N2O9/c30-23(9-11-25(33)36-15-16-37-26(34)12-10-24(31)32)28-13-14-29-27(35)38-17-22-20-7-3-1-5-18(20)19-6-2-4-8-21(19)22/h1-8,22H,9-17H2,(H,28,30)(H,29,35)(H,31,32). The molecule has 0 heterocycles. The Morgan fingerprint density at radius 1 is 0.684 bits per heavy atom. The third-order valence-electron chi connectivity index (χ3n) is 5.77. The molecule has 0 atom stereocenters. The fourth-order valence-corrected chi connectivity index (χ4v) is 3.98. The molecule has 0 aliphatic heterocycles. The number of carbonyl (C=O) groups excluding carboxylic acids is 4. The molecule has 3 N–H and O–H groups in total. The van der Waals surface area contributed by atoms with Crippen molar-refractivity contribution >= 4 is 29.9 Å². The summed E-state index contributed by atoms with van der Waals surface area (Å²) in [5.41, 5.74) is 4.51. The number of esters is 2. The minimum Gasteiger partial charge on any atom is -0.481 e. The third kappa shape index (κ3) is 8.61. The largest absolute Gasteiger partial charge is 0.481 e. The monoisotopic (exact) mass is 526 g/mol. The van der Waals surface area contributed by atoms with E-state index in [9.17, 15) is 24.0 Å². The zero-order chi connectivity index (χ0) is 27.3. The molecule has 2 aromatic rings. The number of hydrogen-bond acceptors (Lipinski definition) is 8. The number of alkyl carbamates (subject to hydrolysis) is 1. The van der Waals surface area contributed by atoms with Gasteiger partial charge in [0.05, 0.1) is 19.3 Å². The first-order chi connectivity index (χ1) is 18.3. The number of amides is 2. The van der Waals surface area contributed by atoms with Gasteiger partial charge in [-0.2, -0.15) is 0 Å². The van der Waals surface area contributed by atoms with E-state index in [1.165, 1.54) is 0 Å². The second-order valence-electron chi connectivity index (χ2n) is 8.44. The van der Waals surface area contributed by atoms with E-state index in [-0.39, 0.29) is 64.5 Å². The normalized spacial score (nSPS) is 11.6. The predicted octanol–water partition coefficient (Wildman–Crippen LogP) is 2.37. The minimum absolute atomic E-state index is 0.0448. The van der Waals surface area contributed by atoms with Crippen molar-refractivity contribution in [3.8, 4) is 11.1 Å². The van der Waals surface area contributed by atoms with Crippen LogP contribution in [0.1, 0.15) is 42.7 Å². The lowest BCUT2D eigenvalue weighted by molar-refractivity contribution is -0.153. The molecule has 38 heavy (non-hydrogen) atoms. The Morgan fingerprint density at radius 2 is 1.21 bits per heavy atom. The molecular formula is C27H30N2O9. The van der Waals surface area contributed by atoms with Gasteiger partial charge in [-0.25, -0.2) is 4.79 Å². The number of carbonyl (C=O) groups is 5. The average Bonchev–Trinajstić information content (AvgIpc) is 3.23. The molecule has 3 rings (SSSR count). The van der Waals surface area contributed by atoms with Gasteiger partial charge in [-0.1, -0.05) is 48.5 Å². The molecular weight excluding hydrogens is 496 g/mol. The van der Waals surface area contributed by atoms with Gasteiger partial charge in [0.25, 0.3) is 0 Å². The van der Waals surface area contributed by atoms with Gasteiger partial charge >= 0.3 is 24.0 Å². The van der Waals surface area contributed by atoms with Crippen LogP contribution in [0.4, 0.5) is 4.79 Å². The quantitative estimate of drug-likeness (QED) is 0.191. The lowest BCUT2D eigenvalue weighted by Gasteiger charge is -2.14. The predicted molar refractivity (Wildman–Crippen MR) is 134 cm³/mol. The van der Waals surface area contributed by atoms with Crippen molar-refractivity contribution < 1.29 is 43.3 Å². The summed E-state index contributed by atoms with van der Waals surface area (Å²) >= 11 is 0. The van der Waals surface area contributed by atoms with Crippen LogP contribution in [0.5, 0.6) is 0 Å². The highest BCUT2D eigenvalue weighted by Gasteiger charge is 2.28. The maximum atomic E-state index is 12.2.